The molecule has 0 fully saturated rings. The highest BCUT2D eigenvalue weighted by atomic mass is 16.3. The van der Waals surface area contributed by atoms with Crippen molar-refractivity contribution in [3.05, 3.63) is 11.9 Å². The van der Waals surface area contributed by atoms with Gasteiger partial charge in [-0.1, -0.05) is 5.21 Å². The van der Waals surface area contributed by atoms with Crippen LogP contribution in [0.1, 0.15) is 18.7 Å². The summed E-state index contributed by atoms with van der Waals surface area (Å²) in [4.78, 5) is 10.4. The van der Waals surface area contributed by atoms with E-state index in [-0.39, 0.29) is 6.54 Å². The second-order valence-corrected chi connectivity index (χ2v) is 2.48. The Bertz CT molecular complexity index is 281. The lowest BCUT2D eigenvalue weighted by molar-refractivity contribution is -0.118. The number of nitrogens with zero attached hydrogens (tertiary/aromatic N) is 3. The van der Waals surface area contributed by atoms with Crippen LogP contribution in [0.25, 0.3) is 0 Å². The zero-order valence-corrected chi connectivity index (χ0v) is 6.64. The Labute approximate surface area is 69.0 Å². The Morgan fingerprint density at radius 3 is 3.00 bits per heavy atom. The number of carbonyl (C=O) groups excluding carboxylic acids is 1. The van der Waals surface area contributed by atoms with Crippen LogP contribution in [0.3, 0.4) is 0 Å². The Balaban J connectivity index is 2.70. The third-order valence-electron chi connectivity index (χ3n) is 1.30. The quantitative estimate of drug-likeness (QED) is 0.596. The molecule has 6 nitrogen and oxygen atoms in total. The van der Waals surface area contributed by atoms with Crippen molar-refractivity contribution in [3.63, 3.8) is 0 Å². The van der Waals surface area contributed by atoms with Gasteiger partial charge in [-0.15, -0.1) is 5.10 Å². The molecule has 1 aromatic rings. The summed E-state index contributed by atoms with van der Waals surface area (Å²) in [5.41, 5.74) is 5.35. The fraction of sp³-hybridized carbons (Fsp3) is 0.500. The van der Waals surface area contributed by atoms with E-state index >= 15 is 0 Å². The molecule has 1 atom stereocenters. The van der Waals surface area contributed by atoms with E-state index < -0.39 is 12.0 Å². The minimum atomic E-state index is -0.674. The van der Waals surface area contributed by atoms with E-state index in [0.29, 0.717) is 5.69 Å². The maximum Gasteiger partial charge on any atom is 0.239 e. The molecule has 0 bridgehead atoms. The molecule has 1 unspecified atom stereocenters. The van der Waals surface area contributed by atoms with Crippen molar-refractivity contribution in [3.8, 4) is 0 Å². The van der Waals surface area contributed by atoms with Crippen molar-refractivity contribution in [2.45, 2.75) is 19.6 Å². The van der Waals surface area contributed by atoms with Crippen LogP contribution < -0.4 is 5.73 Å². The van der Waals surface area contributed by atoms with Gasteiger partial charge in [0.1, 0.15) is 12.2 Å². The van der Waals surface area contributed by atoms with Gasteiger partial charge >= 0.3 is 0 Å². The van der Waals surface area contributed by atoms with Gasteiger partial charge in [-0.3, -0.25) is 4.79 Å². The molecule has 0 aromatic carbocycles. The van der Waals surface area contributed by atoms with Gasteiger partial charge in [0.25, 0.3) is 0 Å². The standard InChI is InChI=1S/C6H10N4O2/c1-4(11)5-2-10(9-8-5)3-6(7)12/h2,4,11H,3H2,1H3,(H2,7,12). The van der Waals surface area contributed by atoms with E-state index in [4.69, 9.17) is 10.8 Å². The van der Waals surface area contributed by atoms with Gasteiger partial charge in [0.05, 0.1) is 12.3 Å². The predicted octanol–water partition coefficient (Wildman–Crippen LogP) is -1.18. The monoisotopic (exact) mass is 170 g/mol. The number of hydrogen-bond acceptors (Lipinski definition) is 4. The molecular weight excluding hydrogens is 160 g/mol. The van der Waals surface area contributed by atoms with Crippen LogP contribution in [0.15, 0.2) is 6.20 Å². The maximum absolute atomic E-state index is 10.4. The number of aromatic nitrogens is 3. The first-order valence-electron chi connectivity index (χ1n) is 3.46. The van der Waals surface area contributed by atoms with Crippen molar-refractivity contribution in [2.24, 2.45) is 5.73 Å². The number of amides is 1. The highest BCUT2D eigenvalue weighted by Crippen LogP contribution is 2.05. The van der Waals surface area contributed by atoms with Gasteiger partial charge in [0, 0.05) is 0 Å². The Morgan fingerprint density at radius 2 is 2.58 bits per heavy atom. The molecule has 0 aliphatic carbocycles. The van der Waals surface area contributed by atoms with Crippen LogP contribution in [0.4, 0.5) is 0 Å². The normalized spacial score (nSPS) is 12.8. The van der Waals surface area contributed by atoms with Gasteiger partial charge in [0.2, 0.25) is 5.91 Å². The van der Waals surface area contributed by atoms with Crippen LogP contribution in [0.2, 0.25) is 0 Å². The van der Waals surface area contributed by atoms with Crippen molar-refractivity contribution in [1.29, 1.82) is 0 Å². The van der Waals surface area contributed by atoms with E-state index in [1.54, 1.807) is 6.92 Å². The molecule has 1 aromatic heterocycles. The first kappa shape index (κ1) is 8.66. The molecule has 1 amide bonds. The molecule has 0 saturated carbocycles. The van der Waals surface area contributed by atoms with E-state index in [0.717, 1.165) is 0 Å². The second-order valence-electron chi connectivity index (χ2n) is 2.48. The minimum Gasteiger partial charge on any atom is -0.387 e. The number of aliphatic hydroxyl groups excluding tert-OH is 1. The average Bonchev–Trinajstić information content (AvgIpc) is 2.34. The topological polar surface area (TPSA) is 94.0 Å². The number of nitrogens with two attached hydrogens (primary N) is 1. The van der Waals surface area contributed by atoms with Gasteiger partial charge < -0.3 is 10.8 Å². The Kier molecular flexibility index (Phi) is 2.39. The number of hydrogen-bond donors (Lipinski definition) is 2. The summed E-state index contributed by atoms with van der Waals surface area (Å²) in [5, 5.41) is 16.2. The van der Waals surface area contributed by atoms with Crippen molar-refractivity contribution in [2.75, 3.05) is 0 Å². The molecule has 0 aliphatic heterocycles. The van der Waals surface area contributed by atoms with E-state index in [9.17, 15) is 4.79 Å². The van der Waals surface area contributed by atoms with Crippen molar-refractivity contribution < 1.29 is 9.90 Å². The summed E-state index contributed by atoms with van der Waals surface area (Å²) in [5.74, 6) is -0.489. The van der Waals surface area contributed by atoms with Crippen LogP contribution in [0, 0.1) is 0 Å². The van der Waals surface area contributed by atoms with Crippen LogP contribution in [-0.4, -0.2) is 26.0 Å². The second kappa shape index (κ2) is 3.31. The lowest BCUT2D eigenvalue weighted by Gasteiger charge is -1.95. The van der Waals surface area contributed by atoms with Crippen molar-refractivity contribution in [1.82, 2.24) is 15.0 Å². The fourth-order valence-electron chi connectivity index (χ4n) is 0.742. The minimum absolute atomic E-state index is 0.0142. The SMILES string of the molecule is CC(O)c1cn(CC(N)=O)nn1. The molecule has 0 saturated heterocycles. The number of rotatable bonds is 3. The molecule has 6 heteroatoms. The predicted molar refractivity (Wildman–Crippen MR) is 39.9 cm³/mol. The largest absolute Gasteiger partial charge is 0.387 e. The van der Waals surface area contributed by atoms with Gasteiger partial charge in [-0.25, -0.2) is 4.68 Å². The Hall–Kier alpha value is -1.43. The maximum atomic E-state index is 10.4. The molecule has 66 valence electrons. The van der Waals surface area contributed by atoms with Crippen molar-refractivity contribution >= 4 is 5.91 Å². The number of primary amides is 1. The lowest BCUT2D eigenvalue weighted by atomic mass is 10.3. The zero-order valence-electron chi connectivity index (χ0n) is 6.64. The first-order chi connectivity index (χ1) is 5.59. The molecule has 0 radical (unpaired) electrons. The number of carbonyl (C=O) groups is 1. The van der Waals surface area contributed by atoms with Gasteiger partial charge in [0.15, 0.2) is 0 Å². The first-order valence-corrected chi connectivity index (χ1v) is 3.46. The van der Waals surface area contributed by atoms with Crippen LogP contribution in [-0.2, 0) is 11.3 Å². The summed E-state index contributed by atoms with van der Waals surface area (Å²) >= 11 is 0. The summed E-state index contributed by atoms with van der Waals surface area (Å²) in [7, 11) is 0. The fourth-order valence-corrected chi connectivity index (χ4v) is 0.742. The van der Waals surface area contributed by atoms with Crippen LogP contribution in [0.5, 0.6) is 0 Å². The smallest absolute Gasteiger partial charge is 0.239 e. The van der Waals surface area contributed by atoms with E-state index in [1.165, 1.54) is 10.9 Å². The average molecular weight is 170 g/mol. The zero-order chi connectivity index (χ0) is 9.14. The van der Waals surface area contributed by atoms with E-state index in [1.807, 2.05) is 0 Å². The third-order valence-corrected chi connectivity index (χ3v) is 1.30. The Morgan fingerprint density at radius 1 is 1.92 bits per heavy atom. The number of aliphatic hydroxyl groups is 1. The summed E-state index contributed by atoms with van der Waals surface area (Å²) in [6.45, 7) is 1.55. The molecule has 0 aliphatic rings. The van der Waals surface area contributed by atoms with Gasteiger partial charge in [-0.2, -0.15) is 0 Å². The third kappa shape index (κ3) is 2.03. The van der Waals surface area contributed by atoms with Gasteiger partial charge in [-0.05, 0) is 6.92 Å². The van der Waals surface area contributed by atoms with E-state index in [2.05, 4.69) is 10.3 Å². The highest BCUT2D eigenvalue weighted by Gasteiger charge is 2.06. The molecule has 0 spiro atoms. The molecule has 12 heavy (non-hydrogen) atoms. The molecule has 1 heterocycles. The molecular formula is C6H10N4O2. The summed E-state index contributed by atoms with van der Waals surface area (Å²) < 4.78 is 1.28. The van der Waals surface area contributed by atoms with Crippen LogP contribution >= 0.6 is 0 Å². The lowest BCUT2D eigenvalue weighted by Crippen LogP contribution is -2.18. The molecule has 3 N–H and O–H groups in total. The summed E-state index contributed by atoms with van der Waals surface area (Å²) in [6, 6.07) is 0. The highest BCUT2D eigenvalue weighted by molar-refractivity contribution is 5.73. The summed E-state index contributed by atoms with van der Waals surface area (Å²) in [6.07, 6.45) is 0.807. The molecule has 1 rings (SSSR count).